The van der Waals surface area contributed by atoms with Gasteiger partial charge in [-0.2, -0.15) is 0 Å². The number of thiophene rings is 1. The smallest absolute Gasteiger partial charge is 0.363 e. The van der Waals surface area contributed by atoms with Crippen molar-refractivity contribution in [3.8, 4) is 0 Å². The van der Waals surface area contributed by atoms with Gasteiger partial charge in [0, 0.05) is 11.0 Å². The Morgan fingerprint density at radius 1 is 1.22 bits per heavy atom. The molecule has 0 unspecified atom stereocenters. The van der Waals surface area contributed by atoms with Crippen LogP contribution in [0.3, 0.4) is 0 Å². The molecule has 3 nitrogen and oxygen atoms in total. The average molecular weight is 364 g/mol. The number of aliphatic imine (C=N–C) groups is 1. The highest BCUT2D eigenvalue weighted by molar-refractivity contribution is 7.11. The van der Waals surface area contributed by atoms with Gasteiger partial charge in [0.05, 0.1) is 10.0 Å². The maximum Gasteiger partial charge on any atom is 0.363 e. The van der Waals surface area contributed by atoms with Gasteiger partial charge in [-0.15, -0.1) is 11.3 Å². The first-order valence-electron chi connectivity index (χ1n) is 6.73. The summed E-state index contributed by atoms with van der Waals surface area (Å²) in [6.07, 6.45) is 5.03. The lowest BCUT2D eigenvalue weighted by molar-refractivity contribution is -0.129. The Hall–Kier alpha value is -1.88. The molecule has 0 radical (unpaired) electrons. The minimum absolute atomic E-state index is 0.228. The fourth-order valence-electron chi connectivity index (χ4n) is 1.96. The third-order valence-electron chi connectivity index (χ3n) is 3.19. The van der Waals surface area contributed by atoms with Crippen LogP contribution in [0.15, 0.2) is 46.4 Å². The van der Waals surface area contributed by atoms with E-state index >= 15 is 0 Å². The summed E-state index contributed by atoms with van der Waals surface area (Å²) in [6.45, 7) is 1.98. The molecule has 3 rings (SSSR count). The van der Waals surface area contributed by atoms with Crippen LogP contribution in [-0.2, 0) is 9.53 Å². The van der Waals surface area contributed by atoms with Gasteiger partial charge in [0.2, 0.25) is 5.90 Å². The Kier molecular flexibility index (Phi) is 4.66. The zero-order valence-corrected chi connectivity index (χ0v) is 14.4. The van der Waals surface area contributed by atoms with Gasteiger partial charge in [0.25, 0.3) is 0 Å². The Bertz CT molecular complexity index is 865. The molecule has 6 heteroatoms. The normalized spacial score (nSPS) is 16.2. The SMILES string of the molecule is Cc1ccsc1/C=C1N=C(/C=C/c2cccc(Cl)c2Cl)OC\1=O. The molecule has 0 aliphatic carbocycles. The molecular formula is C17H11Cl2NO2S. The quantitative estimate of drug-likeness (QED) is 0.542. The van der Waals surface area contributed by atoms with Gasteiger partial charge in [-0.25, -0.2) is 9.79 Å². The lowest BCUT2D eigenvalue weighted by Crippen LogP contribution is -2.01. The van der Waals surface area contributed by atoms with Crippen LogP contribution in [0.2, 0.25) is 10.0 Å². The molecule has 0 atom stereocenters. The molecule has 0 amide bonds. The topological polar surface area (TPSA) is 38.7 Å². The molecule has 0 saturated heterocycles. The number of rotatable bonds is 3. The number of carbonyl (C=O) groups excluding carboxylic acids is 1. The molecule has 2 aromatic rings. The van der Waals surface area contributed by atoms with Gasteiger partial charge in [0.1, 0.15) is 0 Å². The van der Waals surface area contributed by atoms with Crippen molar-refractivity contribution in [2.45, 2.75) is 6.92 Å². The molecule has 2 heterocycles. The van der Waals surface area contributed by atoms with Crippen LogP contribution in [0.1, 0.15) is 16.0 Å². The van der Waals surface area contributed by atoms with E-state index in [9.17, 15) is 4.79 Å². The second kappa shape index (κ2) is 6.71. The first-order valence-corrected chi connectivity index (χ1v) is 8.37. The summed E-state index contributed by atoms with van der Waals surface area (Å²) < 4.78 is 5.14. The van der Waals surface area contributed by atoms with E-state index in [1.807, 2.05) is 24.4 Å². The summed E-state index contributed by atoms with van der Waals surface area (Å²) in [7, 11) is 0. The maximum atomic E-state index is 11.9. The number of cyclic esters (lactones) is 1. The molecule has 0 spiro atoms. The number of ether oxygens (including phenoxy) is 1. The lowest BCUT2D eigenvalue weighted by atomic mass is 10.2. The van der Waals surface area contributed by atoms with Gasteiger partial charge in [-0.1, -0.05) is 35.3 Å². The second-order valence-electron chi connectivity index (χ2n) is 4.81. The van der Waals surface area contributed by atoms with Crippen LogP contribution < -0.4 is 0 Å². The third-order valence-corrected chi connectivity index (χ3v) is 4.99. The summed E-state index contributed by atoms with van der Waals surface area (Å²) >= 11 is 13.6. The number of esters is 1. The summed E-state index contributed by atoms with van der Waals surface area (Å²) in [5.41, 5.74) is 2.11. The van der Waals surface area contributed by atoms with Crippen molar-refractivity contribution >= 4 is 58.6 Å². The summed E-state index contributed by atoms with van der Waals surface area (Å²) in [5.74, 6) is -0.235. The van der Waals surface area contributed by atoms with Crippen molar-refractivity contribution in [2.75, 3.05) is 0 Å². The third kappa shape index (κ3) is 3.55. The van der Waals surface area contributed by atoms with Crippen molar-refractivity contribution in [2.24, 2.45) is 4.99 Å². The van der Waals surface area contributed by atoms with Gasteiger partial charge < -0.3 is 4.74 Å². The Balaban J connectivity index is 1.84. The van der Waals surface area contributed by atoms with Crippen molar-refractivity contribution in [3.05, 3.63) is 67.5 Å². The summed E-state index contributed by atoms with van der Waals surface area (Å²) in [6, 6.07) is 7.30. The van der Waals surface area contributed by atoms with Crippen LogP contribution >= 0.6 is 34.5 Å². The van der Waals surface area contributed by atoms with Crippen LogP contribution in [0.5, 0.6) is 0 Å². The van der Waals surface area contributed by atoms with E-state index in [2.05, 4.69) is 4.99 Å². The molecule has 0 saturated carbocycles. The van der Waals surface area contributed by atoms with Crippen molar-refractivity contribution in [1.82, 2.24) is 0 Å². The monoisotopic (exact) mass is 363 g/mol. The molecule has 1 aromatic carbocycles. The van der Waals surface area contributed by atoms with Gasteiger partial charge in [-0.05, 0) is 47.7 Å². The van der Waals surface area contributed by atoms with Gasteiger partial charge in [-0.3, -0.25) is 0 Å². The second-order valence-corrected chi connectivity index (χ2v) is 6.55. The van der Waals surface area contributed by atoms with E-state index in [0.717, 1.165) is 16.0 Å². The molecule has 1 aromatic heterocycles. The molecule has 0 fully saturated rings. The predicted molar refractivity (Wildman–Crippen MR) is 96.1 cm³/mol. The number of aryl methyl sites for hydroxylation is 1. The highest BCUT2D eigenvalue weighted by atomic mass is 35.5. The summed E-state index contributed by atoms with van der Waals surface area (Å²) in [5, 5.41) is 2.88. The number of halogens is 2. The van der Waals surface area contributed by atoms with Crippen LogP contribution in [0.25, 0.3) is 12.2 Å². The molecule has 1 aliphatic rings. The van der Waals surface area contributed by atoms with E-state index in [-0.39, 0.29) is 11.6 Å². The van der Waals surface area contributed by atoms with E-state index < -0.39 is 5.97 Å². The van der Waals surface area contributed by atoms with E-state index in [0.29, 0.717) is 10.0 Å². The number of benzene rings is 1. The molecule has 116 valence electrons. The number of hydrogen-bond donors (Lipinski definition) is 0. The van der Waals surface area contributed by atoms with E-state index in [1.165, 1.54) is 0 Å². The lowest BCUT2D eigenvalue weighted by Gasteiger charge is -1.99. The molecule has 1 aliphatic heterocycles. The van der Waals surface area contributed by atoms with E-state index in [4.69, 9.17) is 27.9 Å². The van der Waals surface area contributed by atoms with Gasteiger partial charge in [0.15, 0.2) is 5.70 Å². The molecular weight excluding hydrogens is 353 g/mol. The maximum absolute atomic E-state index is 11.9. The zero-order chi connectivity index (χ0) is 16.4. The number of nitrogens with zero attached hydrogens (tertiary/aromatic N) is 1. The average Bonchev–Trinajstić information content (AvgIpc) is 3.08. The largest absolute Gasteiger partial charge is 0.403 e. The number of hydrogen-bond acceptors (Lipinski definition) is 4. The van der Waals surface area contributed by atoms with Crippen molar-refractivity contribution in [1.29, 1.82) is 0 Å². The molecule has 0 bridgehead atoms. The van der Waals surface area contributed by atoms with Crippen LogP contribution in [0.4, 0.5) is 0 Å². The van der Waals surface area contributed by atoms with Crippen molar-refractivity contribution < 1.29 is 9.53 Å². The molecule has 23 heavy (non-hydrogen) atoms. The van der Waals surface area contributed by atoms with E-state index in [1.54, 1.807) is 41.7 Å². The Morgan fingerprint density at radius 3 is 2.78 bits per heavy atom. The zero-order valence-electron chi connectivity index (χ0n) is 12.0. The summed E-state index contributed by atoms with van der Waals surface area (Å²) in [4.78, 5) is 17.1. The first-order chi connectivity index (χ1) is 11.0. The Morgan fingerprint density at radius 2 is 2.04 bits per heavy atom. The first kappa shape index (κ1) is 16.0. The minimum atomic E-state index is -0.463. The standard InChI is InChI=1S/C17H11Cl2NO2S/c1-10-7-8-23-14(10)9-13-17(21)22-15(20-13)6-5-11-3-2-4-12(18)16(11)19/h2-9H,1H3/b6-5+,13-9-. The fraction of sp³-hybridized carbons (Fsp3) is 0.0588. The van der Waals surface area contributed by atoms with Crippen molar-refractivity contribution in [3.63, 3.8) is 0 Å². The predicted octanol–water partition coefficient (Wildman–Crippen LogP) is 5.37. The highest BCUT2D eigenvalue weighted by Crippen LogP contribution is 2.27. The molecule has 0 N–H and O–H groups in total. The number of carbonyl (C=O) groups is 1. The van der Waals surface area contributed by atoms with Gasteiger partial charge >= 0.3 is 5.97 Å². The minimum Gasteiger partial charge on any atom is -0.403 e. The highest BCUT2D eigenvalue weighted by Gasteiger charge is 2.21. The van der Waals surface area contributed by atoms with Crippen LogP contribution in [-0.4, -0.2) is 11.9 Å². The fourth-order valence-corrected chi connectivity index (χ4v) is 3.19. The Labute approximate surface area is 147 Å². The van der Waals surface area contributed by atoms with Crippen LogP contribution in [0, 0.1) is 6.92 Å².